The summed E-state index contributed by atoms with van der Waals surface area (Å²) in [4.78, 5) is 25.5. The van der Waals surface area contributed by atoms with Gasteiger partial charge in [-0.2, -0.15) is 0 Å². The third-order valence-electron chi connectivity index (χ3n) is 3.58. The molecule has 1 aromatic rings. The zero-order valence-electron chi connectivity index (χ0n) is 12.4. The monoisotopic (exact) mass is 290 g/mol. The Morgan fingerprint density at radius 3 is 2.57 bits per heavy atom. The number of benzene rings is 1. The van der Waals surface area contributed by atoms with Gasteiger partial charge in [0.1, 0.15) is 6.10 Å². The summed E-state index contributed by atoms with van der Waals surface area (Å²) in [5.74, 6) is -0.269. The molecular formula is C16H22N2O3. The Labute approximate surface area is 125 Å². The molecule has 21 heavy (non-hydrogen) atoms. The van der Waals surface area contributed by atoms with Crippen LogP contribution >= 0.6 is 0 Å². The lowest BCUT2D eigenvalue weighted by Gasteiger charge is -2.17. The van der Waals surface area contributed by atoms with E-state index in [0.29, 0.717) is 6.61 Å². The van der Waals surface area contributed by atoms with Crippen molar-refractivity contribution in [1.82, 2.24) is 10.2 Å². The Morgan fingerprint density at radius 2 is 1.90 bits per heavy atom. The van der Waals surface area contributed by atoms with Crippen molar-refractivity contribution in [2.45, 2.75) is 32.5 Å². The smallest absolute Gasteiger partial charge is 0.249 e. The highest BCUT2D eigenvalue weighted by Gasteiger charge is 2.20. The molecule has 1 atom stereocenters. The molecule has 0 aliphatic carbocycles. The van der Waals surface area contributed by atoms with Gasteiger partial charge in [0.15, 0.2) is 0 Å². The predicted molar refractivity (Wildman–Crippen MR) is 79.5 cm³/mol. The summed E-state index contributed by atoms with van der Waals surface area (Å²) in [5.41, 5.74) is 1.02. The van der Waals surface area contributed by atoms with Crippen LogP contribution in [-0.2, 0) is 20.9 Å². The van der Waals surface area contributed by atoms with Crippen LogP contribution in [0.4, 0.5) is 0 Å². The van der Waals surface area contributed by atoms with Crippen LogP contribution in [0.25, 0.3) is 0 Å². The zero-order chi connectivity index (χ0) is 15.1. The molecule has 1 N–H and O–H groups in total. The van der Waals surface area contributed by atoms with Crippen LogP contribution in [0.15, 0.2) is 30.3 Å². The fourth-order valence-corrected chi connectivity index (χ4v) is 2.26. The number of carbonyl (C=O) groups excluding carboxylic acids is 2. The van der Waals surface area contributed by atoms with Gasteiger partial charge in [0, 0.05) is 13.1 Å². The summed E-state index contributed by atoms with van der Waals surface area (Å²) in [5, 5.41) is 2.64. The molecule has 0 bridgehead atoms. The number of rotatable bonds is 6. The lowest BCUT2D eigenvalue weighted by Crippen LogP contribution is -2.42. The van der Waals surface area contributed by atoms with Crippen molar-refractivity contribution in [1.29, 1.82) is 0 Å². The van der Waals surface area contributed by atoms with Gasteiger partial charge >= 0.3 is 0 Å². The number of ether oxygens (including phenoxy) is 1. The maximum Gasteiger partial charge on any atom is 0.249 e. The zero-order valence-corrected chi connectivity index (χ0v) is 12.4. The molecule has 1 heterocycles. The summed E-state index contributed by atoms with van der Waals surface area (Å²) in [6, 6.07) is 9.68. The first-order chi connectivity index (χ1) is 10.2. The fraction of sp³-hybridized carbons (Fsp3) is 0.500. The number of hydrogen-bond donors (Lipinski definition) is 1. The van der Waals surface area contributed by atoms with Crippen LogP contribution < -0.4 is 5.32 Å². The van der Waals surface area contributed by atoms with Crippen LogP contribution in [0.5, 0.6) is 0 Å². The number of hydrogen-bond acceptors (Lipinski definition) is 3. The number of carbonyl (C=O) groups is 2. The minimum atomic E-state index is -0.573. The van der Waals surface area contributed by atoms with Crippen molar-refractivity contribution >= 4 is 11.8 Å². The largest absolute Gasteiger partial charge is 0.364 e. The van der Waals surface area contributed by atoms with Crippen LogP contribution in [0.2, 0.25) is 0 Å². The quantitative estimate of drug-likeness (QED) is 0.860. The van der Waals surface area contributed by atoms with Gasteiger partial charge in [-0.15, -0.1) is 0 Å². The number of amides is 2. The Balaban J connectivity index is 1.68. The fourth-order valence-electron chi connectivity index (χ4n) is 2.26. The van der Waals surface area contributed by atoms with Crippen LogP contribution in [0, 0.1) is 0 Å². The van der Waals surface area contributed by atoms with Crippen molar-refractivity contribution in [2.75, 3.05) is 19.6 Å². The SMILES string of the molecule is CC(OCc1ccccc1)C(=O)NCC(=O)N1CCCC1. The lowest BCUT2D eigenvalue weighted by atomic mass is 10.2. The molecule has 1 aliphatic rings. The third-order valence-corrected chi connectivity index (χ3v) is 3.58. The molecule has 0 spiro atoms. The maximum absolute atomic E-state index is 11.9. The summed E-state index contributed by atoms with van der Waals surface area (Å²) < 4.78 is 5.51. The van der Waals surface area contributed by atoms with Gasteiger partial charge in [0.05, 0.1) is 13.2 Å². The van der Waals surface area contributed by atoms with E-state index in [9.17, 15) is 9.59 Å². The second-order valence-corrected chi connectivity index (χ2v) is 5.24. The molecule has 1 unspecified atom stereocenters. The first-order valence-corrected chi connectivity index (χ1v) is 7.38. The Hall–Kier alpha value is -1.88. The molecule has 2 rings (SSSR count). The minimum Gasteiger partial charge on any atom is -0.364 e. The van der Waals surface area contributed by atoms with Gasteiger partial charge in [-0.05, 0) is 25.3 Å². The number of likely N-dealkylation sites (tertiary alicyclic amines) is 1. The molecule has 1 fully saturated rings. The van der Waals surface area contributed by atoms with E-state index >= 15 is 0 Å². The van der Waals surface area contributed by atoms with Gasteiger partial charge in [0.25, 0.3) is 0 Å². The van der Waals surface area contributed by atoms with E-state index in [4.69, 9.17) is 4.74 Å². The van der Waals surface area contributed by atoms with Crippen LogP contribution in [0.1, 0.15) is 25.3 Å². The van der Waals surface area contributed by atoms with Gasteiger partial charge < -0.3 is 15.0 Å². The second-order valence-electron chi connectivity index (χ2n) is 5.24. The number of nitrogens with zero attached hydrogens (tertiary/aromatic N) is 1. The van der Waals surface area contributed by atoms with E-state index in [-0.39, 0.29) is 18.4 Å². The molecule has 0 aromatic heterocycles. The Bertz CT molecular complexity index is 470. The molecule has 1 aromatic carbocycles. The van der Waals surface area contributed by atoms with Crippen molar-refractivity contribution in [3.8, 4) is 0 Å². The van der Waals surface area contributed by atoms with Gasteiger partial charge in [-0.1, -0.05) is 30.3 Å². The van der Waals surface area contributed by atoms with Crippen molar-refractivity contribution in [2.24, 2.45) is 0 Å². The van der Waals surface area contributed by atoms with E-state index < -0.39 is 6.10 Å². The topological polar surface area (TPSA) is 58.6 Å². The maximum atomic E-state index is 11.9. The third kappa shape index (κ3) is 4.86. The van der Waals surface area contributed by atoms with Gasteiger partial charge in [-0.3, -0.25) is 9.59 Å². The molecule has 114 valence electrons. The van der Waals surface area contributed by atoms with Gasteiger partial charge in [-0.25, -0.2) is 0 Å². The predicted octanol–water partition coefficient (Wildman–Crippen LogP) is 1.33. The average Bonchev–Trinajstić information content (AvgIpc) is 3.05. The molecule has 2 amide bonds. The standard InChI is InChI=1S/C16H22N2O3/c1-13(21-12-14-7-3-2-4-8-14)16(20)17-11-15(19)18-9-5-6-10-18/h2-4,7-8,13H,5-6,9-12H2,1H3,(H,17,20). The second kappa shape index (κ2) is 7.78. The van der Waals surface area contributed by atoms with Crippen LogP contribution in [-0.4, -0.2) is 42.5 Å². The molecule has 0 saturated carbocycles. The minimum absolute atomic E-state index is 0.0175. The average molecular weight is 290 g/mol. The molecule has 1 aliphatic heterocycles. The molecule has 1 saturated heterocycles. The highest BCUT2D eigenvalue weighted by atomic mass is 16.5. The normalized spacial score (nSPS) is 15.8. The summed E-state index contributed by atoms with van der Waals surface area (Å²) in [6.45, 7) is 3.73. The van der Waals surface area contributed by atoms with E-state index in [0.717, 1.165) is 31.5 Å². The first-order valence-electron chi connectivity index (χ1n) is 7.38. The Morgan fingerprint density at radius 1 is 1.24 bits per heavy atom. The first kappa shape index (κ1) is 15.5. The summed E-state index contributed by atoms with van der Waals surface area (Å²) >= 11 is 0. The highest BCUT2D eigenvalue weighted by molar-refractivity contribution is 5.86. The summed E-state index contributed by atoms with van der Waals surface area (Å²) in [7, 11) is 0. The lowest BCUT2D eigenvalue weighted by molar-refractivity contribution is -0.136. The van der Waals surface area contributed by atoms with Crippen molar-refractivity contribution < 1.29 is 14.3 Å². The van der Waals surface area contributed by atoms with E-state index in [1.807, 2.05) is 30.3 Å². The highest BCUT2D eigenvalue weighted by Crippen LogP contribution is 2.07. The van der Waals surface area contributed by atoms with E-state index in [2.05, 4.69) is 5.32 Å². The van der Waals surface area contributed by atoms with Crippen molar-refractivity contribution in [3.05, 3.63) is 35.9 Å². The van der Waals surface area contributed by atoms with Gasteiger partial charge in [0.2, 0.25) is 11.8 Å². The van der Waals surface area contributed by atoms with Crippen LogP contribution in [0.3, 0.4) is 0 Å². The molecule has 0 radical (unpaired) electrons. The van der Waals surface area contributed by atoms with E-state index in [1.165, 1.54) is 0 Å². The summed E-state index contributed by atoms with van der Waals surface area (Å²) in [6.07, 6.45) is 1.53. The Kier molecular flexibility index (Phi) is 5.75. The molecule has 5 nitrogen and oxygen atoms in total. The van der Waals surface area contributed by atoms with E-state index in [1.54, 1.807) is 11.8 Å². The number of nitrogens with one attached hydrogen (secondary N) is 1. The molecule has 5 heteroatoms. The van der Waals surface area contributed by atoms with Crippen molar-refractivity contribution in [3.63, 3.8) is 0 Å². The molecular weight excluding hydrogens is 268 g/mol.